The molecule has 0 aliphatic rings. The zero-order chi connectivity index (χ0) is 15.9. The summed E-state index contributed by atoms with van der Waals surface area (Å²) in [4.78, 5) is 16.7. The number of sulfonamides is 1. The Morgan fingerprint density at radius 3 is 2.38 bits per heavy atom. The maximum atomic E-state index is 12.0. The monoisotopic (exact) mass is 318 g/mol. The molecule has 0 heterocycles. The normalized spacial score (nSPS) is 11.1. The van der Waals surface area contributed by atoms with E-state index in [1.54, 1.807) is 18.7 Å². The molecule has 0 fully saturated rings. The fourth-order valence-electron chi connectivity index (χ4n) is 1.42. The van der Waals surface area contributed by atoms with Gasteiger partial charge in [0.2, 0.25) is 5.91 Å². The van der Waals surface area contributed by atoms with Crippen LogP contribution in [0.4, 0.5) is 0 Å². The quantitative estimate of drug-likeness (QED) is 0.627. The van der Waals surface area contributed by atoms with Crippen molar-refractivity contribution in [2.45, 2.75) is 18.7 Å². The van der Waals surface area contributed by atoms with Crippen LogP contribution >= 0.6 is 0 Å². The standard InChI is InChI=1S/C12H18N2O6S/c1-3-18-10-6-5-9(7-11(10)19-4-2)21(16,17)14-20-8-12(13)15/h5-7,14H,3-4,8H2,1-2H3,(H2,13,15). The van der Waals surface area contributed by atoms with Crippen molar-refractivity contribution in [3.05, 3.63) is 18.2 Å². The van der Waals surface area contributed by atoms with Crippen LogP contribution < -0.4 is 20.1 Å². The van der Waals surface area contributed by atoms with Crippen LogP contribution in [0.2, 0.25) is 0 Å². The summed E-state index contributed by atoms with van der Waals surface area (Å²) < 4.78 is 34.6. The van der Waals surface area contributed by atoms with Crippen molar-refractivity contribution in [3.8, 4) is 11.5 Å². The van der Waals surface area contributed by atoms with Crippen LogP contribution in [0.15, 0.2) is 23.1 Å². The highest BCUT2D eigenvalue weighted by molar-refractivity contribution is 7.89. The van der Waals surface area contributed by atoms with Gasteiger partial charge in [-0.15, -0.1) is 0 Å². The van der Waals surface area contributed by atoms with Crippen LogP contribution in [-0.2, 0) is 19.7 Å². The fraction of sp³-hybridized carbons (Fsp3) is 0.417. The van der Waals surface area contributed by atoms with E-state index in [-0.39, 0.29) is 4.90 Å². The molecule has 8 nitrogen and oxygen atoms in total. The number of hydrogen-bond acceptors (Lipinski definition) is 6. The third-order valence-electron chi connectivity index (χ3n) is 2.21. The first kappa shape index (κ1) is 17.2. The second kappa shape index (κ2) is 7.81. The van der Waals surface area contributed by atoms with Gasteiger partial charge in [0.05, 0.1) is 18.1 Å². The molecule has 1 aromatic rings. The summed E-state index contributed by atoms with van der Waals surface area (Å²) in [6.07, 6.45) is 0. The molecule has 0 saturated carbocycles. The Morgan fingerprint density at radius 2 is 1.81 bits per heavy atom. The van der Waals surface area contributed by atoms with E-state index in [9.17, 15) is 13.2 Å². The minimum absolute atomic E-state index is 0.0844. The van der Waals surface area contributed by atoms with Crippen LogP contribution in [-0.4, -0.2) is 34.1 Å². The number of primary amides is 1. The fourth-order valence-corrected chi connectivity index (χ4v) is 2.24. The Bertz CT molecular complexity index is 587. The van der Waals surface area contributed by atoms with Gasteiger partial charge in [-0.25, -0.2) is 8.42 Å². The van der Waals surface area contributed by atoms with Gasteiger partial charge in [-0.2, -0.15) is 0 Å². The summed E-state index contributed by atoms with van der Waals surface area (Å²) >= 11 is 0. The van der Waals surface area contributed by atoms with E-state index < -0.39 is 22.5 Å². The number of rotatable bonds is 9. The van der Waals surface area contributed by atoms with Gasteiger partial charge in [0.25, 0.3) is 10.0 Å². The smallest absolute Gasteiger partial charge is 0.262 e. The molecule has 1 rings (SSSR count). The number of nitrogens with one attached hydrogen (secondary N) is 1. The summed E-state index contributed by atoms with van der Waals surface area (Å²) in [5.74, 6) is -0.0483. The van der Waals surface area contributed by atoms with Crippen LogP contribution in [0, 0.1) is 0 Å². The summed E-state index contributed by atoms with van der Waals surface area (Å²) in [6.45, 7) is 3.79. The van der Waals surface area contributed by atoms with Gasteiger partial charge < -0.3 is 15.2 Å². The minimum atomic E-state index is -3.94. The molecule has 0 aliphatic carbocycles. The Hall–Kier alpha value is -1.84. The lowest BCUT2D eigenvalue weighted by Crippen LogP contribution is -2.29. The van der Waals surface area contributed by atoms with E-state index in [1.165, 1.54) is 18.2 Å². The first-order valence-corrected chi connectivity index (χ1v) is 7.70. The van der Waals surface area contributed by atoms with Gasteiger partial charge in [-0.3, -0.25) is 9.63 Å². The third-order valence-corrected chi connectivity index (χ3v) is 3.42. The average molecular weight is 318 g/mol. The maximum absolute atomic E-state index is 12.0. The lowest BCUT2D eigenvalue weighted by atomic mass is 10.3. The van der Waals surface area contributed by atoms with Gasteiger partial charge in [0.1, 0.15) is 6.61 Å². The van der Waals surface area contributed by atoms with Crippen molar-refractivity contribution in [2.24, 2.45) is 5.73 Å². The molecule has 0 aliphatic heterocycles. The molecular weight excluding hydrogens is 300 g/mol. The molecule has 3 N–H and O–H groups in total. The van der Waals surface area contributed by atoms with Crippen LogP contribution in [0.3, 0.4) is 0 Å². The molecule has 9 heteroatoms. The molecule has 0 bridgehead atoms. The van der Waals surface area contributed by atoms with Gasteiger partial charge in [0, 0.05) is 6.07 Å². The van der Waals surface area contributed by atoms with E-state index in [1.807, 2.05) is 0 Å². The Balaban J connectivity index is 2.95. The molecule has 0 unspecified atom stereocenters. The van der Waals surface area contributed by atoms with Crippen molar-refractivity contribution in [1.29, 1.82) is 0 Å². The lowest BCUT2D eigenvalue weighted by molar-refractivity contribution is -0.123. The number of carbonyl (C=O) groups is 1. The number of carbonyl (C=O) groups excluding carboxylic acids is 1. The molecule has 0 atom stereocenters. The molecule has 1 amide bonds. The Morgan fingerprint density at radius 1 is 1.19 bits per heavy atom. The predicted octanol–water partition coefficient (Wildman–Crippen LogP) is 0.179. The summed E-state index contributed by atoms with van der Waals surface area (Å²) in [5.41, 5.74) is 4.84. The van der Waals surface area contributed by atoms with Crippen LogP contribution in [0.1, 0.15) is 13.8 Å². The number of ether oxygens (including phenoxy) is 2. The zero-order valence-corrected chi connectivity index (χ0v) is 12.6. The van der Waals surface area contributed by atoms with Crippen LogP contribution in [0.25, 0.3) is 0 Å². The molecule has 0 saturated heterocycles. The van der Waals surface area contributed by atoms with Crippen molar-refractivity contribution in [2.75, 3.05) is 19.8 Å². The number of hydrogen-bond donors (Lipinski definition) is 2. The topological polar surface area (TPSA) is 117 Å². The van der Waals surface area contributed by atoms with Gasteiger partial charge >= 0.3 is 0 Å². The van der Waals surface area contributed by atoms with E-state index in [2.05, 4.69) is 4.84 Å². The Kier molecular flexibility index (Phi) is 6.40. The first-order chi connectivity index (χ1) is 9.90. The second-order valence-electron chi connectivity index (χ2n) is 3.82. The lowest BCUT2D eigenvalue weighted by Gasteiger charge is -2.12. The van der Waals surface area contributed by atoms with E-state index >= 15 is 0 Å². The molecule has 0 aromatic heterocycles. The number of amides is 1. The highest BCUT2D eigenvalue weighted by Crippen LogP contribution is 2.30. The molecule has 1 aromatic carbocycles. The molecule has 0 spiro atoms. The molecule has 21 heavy (non-hydrogen) atoms. The first-order valence-electron chi connectivity index (χ1n) is 6.22. The van der Waals surface area contributed by atoms with Gasteiger partial charge in [0.15, 0.2) is 11.5 Å². The van der Waals surface area contributed by atoms with Crippen molar-refractivity contribution >= 4 is 15.9 Å². The van der Waals surface area contributed by atoms with Gasteiger partial charge in [-0.1, -0.05) is 4.89 Å². The third kappa shape index (κ3) is 5.21. The van der Waals surface area contributed by atoms with Crippen molar-refractivity contribution in [1.82, 2.24) is 4.89 Å². The van der Waals surface area contributed by atoms with Crippen LogP contribution in [0.5, 0.6) is 11.5 Å². The molecule has 118 valence electrons. The van der Waals surface area contributed by atoms with Gasteiger partial charge in [-0.05, 0) is 26.0 Å². The number of benzene rings is 1. The predicted molar refractivity (Wildman–Crippen MR) is 74.2 cm³/mol. The summed E-state index contributed by atoms with van der Waals surface area (Å²) in [5, 5.41) is 0. The highest BCUT2D eigenvalue weighted by Gasteiger charge is 2.18. The van der Waals surface area contributed by atoms with E-state index in [0.717, 1.165) is 0 Å². The van der Waals surface area contributed by atoms with E-state index in [4.69, 9.17) is 15.2 Å². The Labute approximate surface area is 123 Å². The number of nitrogens with two attached hydrogens (primary N) is 1. The molecular formula is C12H18N2O6S. The van der Waals surface area contributed by atoms with E-state index in [0.29, 0.717) is 24.7 Å². The summed E-state index contributed by atoms with van der Waals surface area (Å²) in [7, 11) is -3.94. The SMILES string of the molecule is CCOc1ccc(S(=O)(=O)NOCC(N)=O)cc1OCC. The largest absolute Gasteiger partial charge is 0.490 e. The highest BCUT2D eigenvalue weighted by atomic mass is 32.2. The minimum Gasteiger partial charge on any atom is -0.490 e. The molecule has 0 radical (unpaired) electrons. The maximum Gasteiger partial charge on any atom is 0.262 e. The summed E-state index contributed by atoms with van der Waals surface area (Å²) in [6, 6.07) is 4.13. The van der Waals surface area contributed by atoms with Crippen molar-refractivity contribution in [3.63, 3.8) is 0 Å². The second-order valence-corrected chi connectivity index (χ2v) is 5.46. The average Bonchev–Trinajstić information content (AvgIpc) is 2.40. The van der Waals surface area contributed by atoms with Crippen molar-refractivity contribution < 1.29 is 27.5 Å². The zero-order valence-electron chi connectivity index (χ0n) is 11.8.